The highest BCUT2D eigenvalue weighted by molar-refractivity contribution is 9.10. The van der Waals surface area contributed by atoms with Crippen molar-refractivity contribution in [2.24, 2.45) is 0 Å². The first kappa shape index (κ1) is 16.6. The molecule has 1 rings (SSSR count). The number of halogens is 1. The molecule has 110 valence electrons. The van der Waals surface area contributed by atoms with Crippen molar-refractivity contribution in [1.82, 2.24) is 10.3 Å². The molecule has 1 amide bonds. The largest absolute Gasteiger partial charge is 0.467 e. The first-order chi connectivity index (χ1) is 9.60. The highest BCUT2D eigenvalue weighted by atomic mass is 79.9. The first-order valence-electron chi connectivity index (χ1n) is 6.59. The highest BCUT2D eigenvalue weighted by Gasteiger charge is 2.22. The Morgan fingerprint density at radius 2 is 2.20 bits per heavy atom. The van der Waals surface area contributed by atoms with E-state index in [9.17, 15) is 9.59 Å². The first-order valence-corrected chi connectivity index (χ1v) is 7.38. The summed E-state index contributed by atoms with van der Waals surface area (Å²) in [4.78, 5) is 27.8. The van der Waals surface area contributed by atoms with Crippen molar-refractivity contribution in [3.8, 4) is 0 Å². The highest BCUT2D eigenvalue weighted by Crippen LogP contribution is 2.13. The molecule has 0 aliphatic rings. The number of rotatable bonds is 7. The van der Waals surface area contributed by atoms with Crippen LogP contribution < -0.4 is 5.32 Å². The van der Waals surface area contributed by atoms with Crippen molar-refractivity contribution in [1.29, 1.82) is 0 Å². The zero-order valence-electron chi connectivity index (χ0n) is 11.7. The summed E-state index contributed by atoms with van der Waals surface area (Å²) >= 11 is 3.22. The fraction of sp³-hybridized carbons (Fsp3) is 0.500. The molecule has 0 aliphatic carbocycles. The number of nitrogens with one attached hydrogen (secondary N) is 1. The SMILES string of the molecule is CCCCC[C@H](NC(=O)c1cccnc1Br)C(=O)OC. The van der Waals surface area contributed by atoms with E-state index in [1.54, 1.807) is 18.3 Å². The molecule has 5 nitrogen and oxygen atoms in total. The van der Waals surface area contributed by atoms with Gasteiger partial charge >= 0.3 is 5.97 Å². The molecule has 20 heavy (non-hydrogen) atoms. The molecular formula is C14H19BrN2O3. The lowest BCUT2D eigenvalue weighted by Gasteiger charge is -2.16. The Labute approximate surface area is 127 Å². The van der Waals surface area contributed by atoms with Crippen molar-refractivity contribution in [2.45, 2.75) is 38.6 Å². The van der Waals surface area contributed by atoms with E-state index in [0.29, 0.717) is 16.6 Å². The summed E-state index contributed by atoms with van der Waals surface area (Å²) in [6.45, 7) is 2.08. The van der Waals surface area contributed by atoms with Gasteiger partial charge in [0, 0.05) is 6.20 Å². The zero-order valence-corrected chi connectivity index (χ0v) is 13.3. The van der Waals surface area contributed by atoms with Gasteiger partial charge in [-0.1, -0.05) is 26.2 Å². The second-order valence-electron chi connectivity index (χ2n) is 4.39. The Morgan fingerprint density at radius 3 is 2.80 bits per heavy atom. The molecule has 6 heteroatoms. The Balaban J connectivity index is 2.71. The second-order valence-corrected chi connectivity index (χ2v) is 5.14. The maximum absolute atomic E-state index is 12.1. The zero-order chi connectivity index (χ0) is 15.0. The van der Waals surface area contributed by atoms with Crippen LogP contribution in [-0.2, 0) is 9.53 Å². The molecule has 1 atom stereocenters. The number of carbonyl (C=O) groups excluding carboxylic acids is 2. The van der Waals surface area contributed by atoms with Crippen LogP contribution in [-0.4, -0.2) is 30.0 Å². The Bertz CT molecular complexity index is 465. The van der Waals surface area contributed by atoms with Crippen molar-refractivity contribution in [2.75, 3.05) is 7.11 Å². The Morgan fingerprint density at radius 1 is 1.45 bits per heavy atom. The van der Waals surface area contributed by atoms with Gasteiger partial charge < -0.3 is 10.1 Å². The fourth-order valence-corrected chi connectivity index (χ4v) is 2.21. The number of carbonyl (C=O) groups is 2. The number of amides is 1. The molecule has 0 spiro atoms. The Kier molecular flexibility index (Phi) is 7.22. The van der Waals surface area contributed by atoms with Crippen LogP contribution in [0.2, 0.25) is 0 Å². The van der Waals surface area contributed by atoms with E-state index in [4.69, 9.17) is 4.74 Å². The summed E-state index contributed by atoms with van der Waals surface area (Å²) in [5.41, 5.74) is 0.400. The molecule has 0 aromatic carbocycles. The number of pyridine rings is 1. The van der Waals surface area contributed by atoms with Gasteiger partial charge in [-0.3, -0.25) is 4.79 Å². The van der Waals surface area contributed by atoms with E-state index in [1.165, 1.54) is 7.11 Å². The average molecular weight is 343 g/mol. The van der Waals surface area contributed by atoms with E-state index in [-0.39, 0.29) is 5.91 Å². The number of hydrogen-bond donors (Lipinski definition) is 1. The van der Waals surface area contributed by atoms with Crippen LogP contribution in [0.15, 0.2) is 22.9 Å². The lowest BCUT2D eigenvalue weighted by Crippen LogP contribution is -2.41. The van der Waals surface area contributed by atoms with Gasteiger partial charge in [-0.2, -0.15) is 0 Å². The number of ether oxygens (including phenoxy) is 1. The van der Waals surface area contributed by atoms with Crippen LogP contribution in [0, 0.1) is 0 Å². The quantitative estimate of drug-likeness (QED) is 0.470. The fourth-order valence-electron chi connectivity index (χ4n) is 1.78. The lowest BCUT2D eigenvalue weighted by atomic mass is 10.1. The van der Waals surface area contributed by atoms with Crippen molar-refractivity contribution < 1.29 is 14.3 Å². The number of esters is 1. The van der Waals surface area contributed by atoms with Crippen molar-refractivity contribution in [3.63, 3.8) is 0 Å². The second kappa shape index (κ2) is 8.68. The molecule has 0 saturated heterocycles. The third-order valence-electron chi connectivity index (χ3n) is 2.89. The molecule has 1 N–H and O–H groups in total. The molecule has 0 unspecified atom stereocenters. The minimum absolute atomic E-state index is 0.336. The van der Waals surface area contributed by atoms with E-state index in [2.05, 4.69) is 33.2 Å². The summed E-state index contributed by atoms with van der Waals surface area (Å²) in [7, 11) is 1.32. The van der Waals surface area contributed by atoms with Gasteiger partial charge in [0.1, 0.15) is 10.6 Å². The molecule has 1 heterocycles. The van der Waals surface area contributed by atoms with Crippen LogP contribution in [0.4, 0.5) is 0 Å². The van der Waals surface area contributed by atoms with Crippen molar-refractivity contribution >= 4 is 27.8 Å². The molecule has 1 aromatic heterocycles. The molecule has 1 aromatic rings. The number of methoxy groups -OCH3 is 1. The van der Waals surface area contributed by atoms with E-state index in [0.717, 1.165) is 19.3 Å². The minimum Gasteiger partial charge on any atom is -0.467 e. The third kappa shape index (κ3) is 4.92. The van der Waals surface area contributed by atoms with Gasteiger partial charge in [0.25, 0.3) is 5.91 Å². The minimum atomic E-state index is -0.619. The summed E-state index contributed by atoms with van der Waals surface area (Å²) in [5, 5.41) is 2.70. The molecule has 0 bridgehead atoms. The maximum Gasteiger partial charge on any atom is 0.328 e. The van der Waals surface area contributed by atoms with Gasteiger partial charge in [0.05, 0.1) is 12.7 Å². The van der Waals surface area contributed by atoms with Crippen LogP contribution in [0.5, 0.6) is 0 Å². The van der Waals surface area contributed by atoms with E-state index < -0.39 is 12.0 Å². The monoisotopic (exact) mass is 342 g/mol. The summed E-state index contributed by atoms with van der Waals surface area (Å²) in [5.74, 6) is -0.758. The summed E-state index contributed by atoms with van der Waals surface area (Å²) < 4.78 is 5.18. The predicted molar refractivity (Wildman–Crippen MR) is 79.3 cm³/mol. The Hall–Kier alpha value is -1.43. The van der Waals surface area contributed by atoms with Gasteiger partial charge in [0.2, 0.25) is 0 Å². The van der Waals surface area contributed by atoms with Crippen molar-refractivity contribution in [3.05, 3.63) is 28.5 Å². The van der Waals surface area contributed by atoms with Gasteiger partial charge in [0.15, 0.2) is 0 Å². The number of hydrogen-bond acceptors (Lipinski definition) is 4. The average Bonchev–Trinajstić information content (AvgIpc) is 2.45. The van der Waals surface area contributed by atoms with E-state index >= 15 is 0 Å². The molecular weight excluding hydrogens is 324 g/mol. The van der Waals surface area contributed by atoms with Gasteiger partial charge in [-0.15, -0.1) is 0 Å². The molecule has 0 aliphatic heterocycles. The summed E-state index contributed by atoms with van der Waals surface area (Å²) in [6, 6.07) is 2.70. The van der Waals surface area contributed by atoms with Gasteiger partial charge in [-0.25, -0.2) is 9.78 Å². The molecule has 0 fully saturated rings. The lowest BCUT2D eigenvalue weighted by molar-refractivity contribution is -0.143. The van der Waals surface area contributed by atoms with Crippen LogP contribution >= 0.6 is 15.9 Å². The van der Waals surface area contributed by atoms with Gasteiger partial charge in [-0.05, 0) is 34.5 Å². The molecule has 0 radical (unpaired) electrons. The number of aromatic nitrogens is 1. The smallest absolute Gasteiger partial charge is 0.328 e. The normalized spacial score (nSPS) is 11.8. The van der Waals surface area contributed by atoms with E-state index in [1.807, 2.05) is 0 Å². The summed E-state index contributed by atoms with van der Waals surface area (Å²) in [6.07, 6.45) is 5.09. The topological polar surface area (TPSA) is 68.3 Å². The third-order valence-corrected chi connectivity index (χ3v) is 3.52. The predicted octanol–water partition coefficient (Wildman–Crippen LogP) is 2.70. The van der Waals surface area contributed by atoms with Crippen LogP contribution in [0.3, 0.4) is 0 Å². The number of nitrogens with zero attached hydrogens (tertiary/aromatic N) is 1. The standard InChI is InChI=1S/C14H19BrN2O3/c1-3-4-5-8-11(14(19)20-2)17-13(18)10-7-6-9-16-12(10)15/h6-7,9,11H,3-5,8H2,1-2H3,(H,17,18)/t11-/m0/s1. The maximum atomic E-state index is 12.1. The van der Waals surface area contributed by atoms with Crippen LogP contribution in [0.1, 0.15) is 43.0 Å². The van der Waals surface area contributed by atoms with Crippen LogP contribution in [0.25, 0.3) is 0 Å². The molecule has 0 saturated carbocycles. The number of unbranched alkanes of at least 4 members (excludes halogenated alkanes) is 2.